The molecule has 2 heterocycles. The molecule has 2 aromatic heterocycles. The van der Waals surface area contributed by atoms with E-state index in [4.69, 9.17) is 27.6 Å². The van der Waals surface area contributed by atoms with E-state index in [1.807, 2.05) is 18.2 Å². The molecule has 0 bridgehead atoms. The molecule has 0 unspecified atom stereocenters. The lowest BCUT2D eigenvalue weighted by Gasteiger charge is -1.96. The van der Waals surface area contributed by atoms with Crippen LogP contribution in [0.5, 0.6) is 0 Å². The Hall–Kier alpha value is -1.58. The maximum absolute atomic E-state index is 6.03. The van der Waals surface area contributed by atoms with Crippen LogP contribution in [-0.4, -0.2) is 9.97 Å². The predicted molar refractivity (Wildman–Crippen MR) is 67.3 cm³/mol. The number of benzene rings is 1. The van der Waals surface area contributed by atoms with Crippen LogP contribution in [0.4, 0.5) is 0 Å². The molecule has 0 aliphatic carbocycles. The molecule has 0 spiro atoms. The number of halogens is 2. The van der Waals surface area contributed by atoms with Crippen LogP contribution in [0.15, 0.2) is 41.1 Å². The number of fused-ring (bicyclic) bond motifs is 1. The molecule has 0 atom stereocenters. The highest BCUT2D eigenvalue weighted by Gasteiger charge is 2.12. The highest BCUT2D eigenvalue weighted by atomic mass is 35.5. The third-order valence-corrected chi connectivity index (χ3v) is 2.96. The summed E-state index contributed by atoms with van der Waals surface area (Å²) in [5.41, 5.74) is 1.15. The zero-order valence-corrected chi connectivity index (χ0v) is 10.0. The first-order valence-electron chi connectivity index (χ1n) is 4.90. The standard InChI is InChI=1S/C12H6Cl2N2O/c13-8-3-1-2-7-6-9(17-11(7)8)10-12(14)16-5-4-15-10/h1-6H. The third-order valence-electron chi connectivity index (χ3n) is 2.38. The number of nitrogens with zero attached hydrogens (tertiary/aromatic N) is 2. The number of hydrogen-bond donors (Lipinski definition) is 0. The van der Waals surface area contributed by atoms with E-state index in [1.54, 1.807) is 12.3 Å². The summed E-state index contributed by atoms with van der Waals surface area (Å²) in [7, 11) is 0. The maximum Gasteiger partial charge on any atom is 0.158 e. The number of furan rings is 1. The Morgan fingerprint density at radius 2 is 1.88 bits per heavy atom. The minimum atomic E-state index is 0.308. The molecule has 5 heteroatoms. The van der Waals surface area contributed by atoms with Crippen molar-refractivity contribution in [3.05, 3.63) is 46.8 Å². The molecule has 0 aliphatic heterocycles. The molecular formula is C12H6Cl2N2O. The number of hydrogen-bond acceptors (Lipinski definition) is 3. The fraction of sp³-hybridized carbons (Fsp3) is 0. The Kier molecular flexibility index (Phi) is 2.50. The van der Waals surface area contributed by atoms with E-state index in [9.17, 15) is 0 Å². The number of para-hydroxylation sites is 1. The molecule has 0 fully saturated rings. The molecule has 3 rings (SSSR count). The predicted octanol–water partition coefficient (Wildman–Crippen LogP) is 4.20. The summed E-state index contributed by atoms with van der Waals surface area (Å²) >= 11 is 12.0. The summed E-state index contributed by atoms with van der Waals surface area (Å²) < 4.78 is 5.65. The lowest BCUT2D eigenvalue weighted by Crippen LogP contribution is -1.84. The van der Waals surface area contributed by atoms with E-state index in [0.717, 1.165) is 5.39 Å². The van der Waals surface area contributed by atoms with Gasteiger partial charge in [-0.25, -0.2) is 9.97 Å². The van der Waals surface area contributed by atoms with Gasteiger partial charge in [0.25, 0.3) is 0 Å². The monoisotopic (exact) mass is 264 g/mol. The van der Waals surface area contributed by atoms with Crippen LogP contribution in [0, 0.1) is 0 Å². The first-order valence-corrected chi connectivity index (χ1v) is 5.66. The molecule has 0 aliphatic rings. The van der Waals surface area contributed by atoms with Gasteiger partial charge in [0.1, 0.15) is 5.69 Å². The van der Waals surface area contributed by atoms with Gasteiger partial charge in [-0.1, -0.05) is 35.3 Å². The molecule has 0 saturated heterocycles. The van der Waals surface area contributed by atoms with Crippen LogP contribution in [0.2, 0.25) is 10.2 Å². The molecular weight excluding hydrogens is 259 g/mol. The van der Waals surface area contributed by atoms with Gasteiger partial charge in [-0.15, -0.1) is 0 Å². The lowest BCUT2D eigenvalue weighted by molar-refractivity contribution is 0.628. The molecule has 0 amide bonds. The van der Waals surface area contributed by atoms with Crippen molar-refractivity contribution in [2.45, 2.75) is 0 Å². The Morgan fingerprint density at radius 3 is 2.65 bits per heavy atom. The molecule has 0 saturated carbocycles. The van der Waals surface area contributed by atoms with E-state index in [-0.39, 0.29) is 0 Å². The summed E-state index contributed by atoms with van der Waals surface area (Å²) in [6.45, 7) is 0. The van der Waals surface area contributed by atoms with Crippen molar-refractivity contribution in [3.8, 4) is 11.5 Å². The van der Waals surface area contributed by atoms with E-state index in [1.165, 1.54) is 6.20 Å². The minimum absolute atomic E-state index is 0.308. The SMILES string of the molecule is Clc1nccnc1-c1cc2cccc(Cl)c2o1. The lowest BCUT2D eigenvalue weighted by atomic mass is 10.2. The summed E-state index contributed by atoms with van der Waals surface area (Å²) in [6, 6.07) is 7.40. The second kappa shape index (κ2) is 4.02. The first-order chi connectivity index (χ1) is 8.25. The summed E-state index contributed by atoms with van der Waals surface area (Å²) in [5, 5.41) is 1.78. The highest BCUT2D eigenvalue weighted by Crippen LogP contribution is 2.32. The minimum Gasteiger partial charge on any atom is -0.453 e. The van der Waals surface area contributed by atoms with E-state index >= 15 is 0 Å². The van der Waals surface area contributed by atoms with Gasteiger partial charge in [0.15, 0.2) is 16.5 Å². The summed E-state index contributed by atoms with van der Waals surface area (Å²) in [5.74, 6) is 0.561. The maximum atomic E-state index is 6.03. The van der Waals surface area contributed by atoms with Crippen LogP contribution in [0.3, 0.4) is 0 Å². The van der Waals surface area contributed by atoms with Crippen LogP contribution in [-0.2, 0) is 0 Å². The quantitative estimate of drug-likeness (QED) is 0.662. The Labute approximate surface area is 107 Å². The molecule has 1 aromatic carbocycles. The number of rotatable bonds is 1. The average Bonchev–Trinajstić information content (AvgIpc) is 2.75. The Balaban J connectivity index is 2.26. The van der Waals surface area contributed by atoms with E-state index in [2.05, 4.69) is 9.97 Å². The Bertz CT molecular complexity index is 694. The topological polar surface area (TPSA) is 38.9 Å². The highest BCUT2D eigenvalue weighted by molar-refractivity contribution is 6.35. The molecule has 84 valence electrons. The third kappa shape index (κ3) is 1.77. The molecule has 3 aromatic rings. The fourth-order valence-electron chi connectivity index (χ4n) is 1.63. The zero-order valence-electron chi connectivity index (χ0n) is 8.52. The largest absolute Gasteiger partial charge is 0.453 e. The van der Waals surface area contributed by atoms with Crippen molar-refractivity contribution in [2.24, 2.45) is 0 Å². The van der Waals surface area contributed by atoms with Gasteiger partial charge in [0, 0.05) is 17.8 Å². The van der Waals surface area contributed by atoms with Crippen LogP contribution >= 0.6 is 23.2 Å². The van der Waals surface area contributed by atoms with Crippen molar-refractivity contribution in [1.29, 1.82) is 0 Å². The first kappa shape index (κ1) is 10.6. The normalized spacial score (nSPS) is 10.9. The van der Waals surface area contributed by atoms with Crippen molar-refractivity contribution >= 4 is 34.2 Å². The second-order valence-electron chi connectivity index (χ2n) is 3.46. The zero-order chi connectivity index (χ0) is 11.8. The second-order valence-corrected chi connectivity index (χ2v) is 4.23. The van der Waals surface area contributed by atoms with Crippen molar-refractivity contribution < 1.29 is 4.42 Å². The molecule has 3 nitrogen and oxygen atoms in total. The summed E-state index contributed by atoms with van der Waals surface area (Å²) in [6.07, 6.45) is 3.09. The van der Waals surface area contributed by atoms with Gasteiger partial charge in [-0.3, -0.25) is 0 Å². The van der Waals surface area contributed by atoms with Gasteiger partial charge < -0.3 is 4.42 Å². The average molecular weight is 265 g/mol. The van der Waals surface area contributed by atoms with Crippen molar-refractivity contribution in [1.82, 2.24) is 9.97 Å². The van der Waals surface area contributed by atoms with E-state index in [0.29, 0.717) is 27.2 Å². The van der Waals surface area contributed by atoms with Gasteiger partial charge in [-0.05, 0) is 12.1 Å². The van der Waals surface area contributed by atoms with Gasteiger partial charge in [0.2, 0.25) is 0 Å². The molecule has 0 N–H and O–H groups in total. The van der Waals surface area contributed by atoms with Gasteiger partial charge in [-0.2, -0.15) is 0 Å². The Morgan fingerprint density at radius 1 is 1.06 bits per heavy atom. The van der Waals surface area contributed by atoms with Gasteiger partial charge >= 0.3 is 0 Å². The van der Waals surface area contributed by atoms with Crippen LogP contribution in [0.25, 0.3) is 22.4 Å². The van der Waals surface area contributed by atoms with Crippen LogP contribution < -0.4 is 0 Å². The summed E-state index contributed by atoms with van der Waals surface area (Å²) in [4.78, 5) is 8.10. The van der Waals surface area contributed by atoms with Gasteiger partial charge in [0.05, 0.1) is 5.02 Å². The van der Waals surface area contributed by atoms with Crippen molar-refractivity contribution in [2.75, 3.05) is 0 Å². The van der Waals surface area contributed by atoms with E-state index < -0.39 is 0 Å². The molecule has 0 radical (unpaired) electrons. The number of aromatic nitrogens is 2. The van der Waals surface area contributed by atoms with Crippen LogP contribution in [0.1, 0.15) is 0 Å². The molecule has 17 heavy (non-hydrogen) atoms. The fourth-order valence-corrected chi connectivity index (χ4v) is 2.05. The van der Waals surface area contributed by atoms with Crippen molar-refractivity contribution in [3.63, 3.8) is 0 Å². The smallest absolute Gasteiger partial charge is 0.158 e.